The van der Waals surface area contributed by atoms with Crippen LogP contribution in [0.1, 0.15) is 19.4 Å². The van der Waals surface area contributed by atoms with Crippen LogP contribution in [0.3, 0.4) is 0 Å². The van der Waals surface area contributed by atoms with Crippen molar-refractivity contribution < 1.29 is 14.7 Å². The molecule has 0 heterocycles. The molecule has 0 saturated heterocycles. The first-order valence-electron chi connectivity index (χ1n) is 5.24. The molecule has 1 rings (SSSR count). The fraction of sp³-hybridized carbons (Fsp3) is 0.417. The van der Waals surface area contributed by atoms with Gasteiger partial charge in [-0.25, -0.2) is 0 Å². The molecule has 0 aliphatic rings. The van der Waals surface area contributed by atoms with Crippen LogP contribution < -0.4 is 10.3 Å². The summed E-state index contributed by atoms with van der Waals surface area (Å²) in [7, 11) is 0. The van der Waals surface area contributed by atoms with Crippen molar-refractivity contribution in [1.82, 2.24) is 5.48 Å². The van der Waals surface area contributed by atoms with Gasteiger partial charge in [-0.2, -0.15) is 5.48 Å². The lowest BCUT2D eigenvalue weighted by atomic mass is 10.1. The lowest BCUT2D eigenvalue weighted by molar-refractivity contribution is -0.116. The fourth-order valence-corrected chi connectivity index (χ4v) is 1.21. The Morgan fingerprint density at radius 3 is 2.56 bits per heavy atom. The summed E-state index contributed by atoms with van der Waals surface area (Å²) in [6, 6.07) is 7.27. The van der Waals surface area contributed by atoms with Gasteiger partial charge < -0.3 is 9.94 Å². The maximum atomic E-state index is 10.9. The summed E-state index contributed by atoms with van der Waals surface area (Å²) in [6.45, 7) is 3.61. The van der Waals surface area contributed by atoms with Crippen LogP contribution >= 0.6 is 0 Å². The maximum Gasteiger partial charge on any atom is 0.147 e. The average Bonchev–Trinajstić information content (AvgIpc) is 2.19. The number of rotatable bonds is 6. The fourth-order valence-electron chi connectivity index (χ4n) is 1.21. The first kappa shape index (κ1) is 12.7. The van der Waals surface area contributed by atoms with Crippen molar-refractivity contribution in [3.8, 4) is 5.75 Å². The lowest BCUT2D eigenvalue weighted by Crippen LogP contribution is -2.27. The van der Waals surface area contributed by atoms with Gasteiger partial charge in [0.25, 0.3) is 0 Å². The highest BCUT2D eigenvalue weighted by atomic mass is 16.6. The second-order valence-corrected chi connectivity index (χ2v) is 3.82. The molecule has 2 N–H and O–H groups in total. The Bertz CT molecular complexity index is 333. The highest BCUT2D eigenvalue weighted by molar-refractivity contribution is 5.78. The number of aliphatic hydroxyl groups excluding tert-OH is 1. The molecule has 1 aromatic rings. The number of hydrogen-bond donors (Lipinski definition) is 2. The van der Waals surface area contributed by atoms with Crippen molar-refractivity contribution in [2.45, 2.75) is 26.4 Å². The molecule has 88 valence electrons. The zero-order valence-electron chi connectivity index (χ0n) is 9.56. The summed E-state index contributed by atoms with van der Waals surface area (Å²) in [5.74, 6) is 0.800. The van der Waals surface area contributed by atoms with Crippen LogP contribution in [0, 0.1) is 0 Å². The molecule has 1 atom stereocenters. The van der Waals surface area contributed by atoms with Crippen molar-refractivity contribution in [2.75, 3.05) is 6.54 Å². The Morgan fingerprint density at radius 1 is 1.44 bits per heavy atom. The molecule has 16 heavy (non-hydrogen) atoms. The van der Waals surface area contributed by atoms with E-state index >= 15 is 0 Å². The minimum absolute atomic E-state index is 0.140. The second-order valence-electron chi connectivity index (χ2n) is 3.82. The predicted molar refractivity (Wildman–Crippen MR) is 61.1 cm³/mol. The summed E-state index contributed by atoms with van der Waals surface area (Å²) in [4.78, 5) is 16.1. The highest BCUT2D eigenvalue weighted by Gasteiger charge is 1.99. The number of ketones is 1. The van der Waals surface area contributed by atoms with Gasteiger partial charge in [-0.3, -0.25) is 4.79 Å². The third kappa shape index (κ3) is 4.91. The summed E-state index contributed by atoms with van der Waals surface area (Å²) >= 11 is 0. The number of hydrogen-bond acceptors (Lipinski definition) is 4. The molecular weight excluding hydrogens is 206 g/mol. The minimum Gasteiger partial charge on any atom is -0.409 e. The van der Waals surface area contributed by atoms with Crippen LogP contribution in [-0.4, -0.2) is 23.5 Å². The van der Waals surface area contributed by atoms with Gasteiger partial charge in [-0.05, 0) is 31.5 Å². The van der Waals surface area contributed by atoms with Crippen LogP contribution in [0.25, 0.3) is 0 Å². The number of benzene rings is 1. The van der Waals surface area contributed by atoms with Crippen LogP contribution in [0.2, 0.25) is 0 Å². The van der Waals surface area contributed by atoms with E-state index in [1.165, 1.54) is 0 Å². The van der Waals surface area contributed by atoms with Crippen molar-refractivity contribution in [3.63, 3.8) is 0 Å². The number of carbonyl (C=O) groups excluding carboxylic acids is 1. The standard InChI is InChI=1S/C12H17NO3/c1-9(14)7-11-3-5-12(6-4-11)16-13-8-10(2)15/h3-6,10,13,15H,7-8H2,1-2H3. The molecular formula is C12H17NO3. The van der Waals surface area contributed by atoms with Crippen LogP contribution in [0.4, 0.5) is 0 Å². The molecule has 0 bridgehead atoms. The minimum atomic E-state index is -0.447. The number of nitrogens with one attached hydrogen (secondary N) is 1. The van der Waals surface area contributed by atoms with Gasteiger partial charge in [0.15, 0.2) is 0 Å². The zero-order valence-corrected chi connectivity index (χ0v) is 9.56. The van der Waals surface area contributed by atoms with E-state index in [2.05, 4.69) is 5.48 Å². The van der Waals surface area contributed by atoms with Gasteiger partial charge in [-0.1, -0.05) is 12.1 Å². The molecule has 0 amide bonds. The van der Waals surface area contributed by atoms with E-state index in [4.69, 9.17) is 9.94 Å². The molecule has 0 radical (unpaired) electrons. The van der Waals surface area contributed by atoms with Crippen molar-refractivity contribution >= 4 is 5.78 Å². The Balaban J connectivity index is 2.42. The topological polar surface area (TPSA) is 58.6 Å². The maximum absolute atomic E-state index is 10.9. The Kier molecular flexibility index (Phi) is 4.95. The smallest absolute Gasteiger partial charge is 0.147 e. The quantitative estimate of drug-likeness (QED) is 0.709. The Hall–Kier alpha value is -1.39. The Labute approximate surface area is 95.2 Å². The van der Waals surface area contributed by atoms with E-state index in [1.807, 2.05) is 12.1 Å². The van der Waals surface area contributed by atoms with Gasteiger partial charge in [0.2, 0.25) is 0 Å². The normalized spacial score (nSPS) is 12.2. The van der Waals surface area contributed by atoms with E-state index in [0.29, 0.717) is 18.7 Å². The van der Waals surface area contributed by atoms with Crippen molar-refractivity contribution in [2.24, 2.45) is 0 Å². The molecule has 0 saturated carbocycles. The summed E-state index contributed by atoms with van der Waals surface area (Å²) in [6.07, 6.45) is -0.00142. The zero-order chi connectivity index (χ0) is 12.0. The number of Topliss-reactive ketones (excluding diaryl/α,β-unsaturated/α-hetero) is 1. The molecule has 0 spiro atoms. The summed E-state index contributed by atoms with van der Waals surface area (Å²) in [5, 5.41) is 8.99. The first-order chi connectivity index (χ1) is 7.58. The number of carbonyl (C=O) groups is 1. The van der Waals surface area contributed by atoms with Gasteiger partial charge in [0, 0.05) is 6.42 Å². The Morgan fingerprint density at radius 2 is 2.06 bits per heavy atom. The van der Waals surface area contributed by atoms with Gasteiger partial charge in [0.05, 0.1) is 12.6 Å². The molecule has 0 aliphatic carbocycles. The molecule has 1 unspecified atom stereocenters. The van der Waals surface area contributed by atoms with E-state index in [-0.39, 0.29) is 5.78 Å². The van der Waals surface area contributed by atoms with Gasteiger partial charge in [-0.15, -0.1) is 0 Å². The van der Waals surface area contributed by atoms with Crippen LogP contribution in [0.15, 0.2) is 24.3 Å². The third-order valence-electron chi connectivity index (χ3n) is 1.95. The van der Waals surface area contributed by atoms with E-state index in [9.17, 15) is 4.79 Å². The highest BCUT2D eigenvalue weighted by Crippen LogP contribution is 2.11. The SMILES string of the molecule is CC(=O)Cc1ccc(ONCC(C)O)cc1. The van der Waals surface area contributed by atoms with Crippen molar-refractivity contribution in [3.05, 3.63) is 29.8 Å². The second kappa shape index (κ2) is 6.25. The van der Waals surface area contributed by atoms with Gasteiger partial charge in [0.1, 0.15) is 11.5 Å². The largest absolute Gasteiger partial charge is 0.409 e. The van der Waals surface area contributed by atoms with E-state index in [0.717, 1.165) is 5.56 Å². The molecule has 1 aromatic carbocycles. The van der Waals surface area contributed by atoms with Crippen LogP contribution in [0.5, 0.6) is 5.75 Å². The van der Waals surface area contributed by atoms with Crippen molar-refractivity contribution in [1.29, 1.82) is 0 Å². The number of hydroxylamine groups is 1. The molecule has 4 nitrogen and oxygen atoms in total. The predicted octanol–water partition coefficient (Wildman–Crippen LogP) is 1.08. The summed E-state index contributed by atoms with van der Waals surface area (Å²) < 4.78 is 0. The van der Waals surface area contributed by atoms with E-state index < -0.39 is 6.10 Å². The molecule has 0 aliphatic heterocycles. The summed E-state index contributed by atoms with van der Waals surface area (Å²) in [5.41, 5.74) is 3.61. The van der Waals surface area contributed by atoms with Crippen LogP contribution in [-0.2, 0) is 11.2 Å². The van der Waals surface area contributed by atoms with Gasteiger partial charge >= 0.3 is 0 Å². The molecule has 0 aromatic heterocycles. The number of aliphatic hydroxyl groups is 1. The third-order valence-corrected chi connectivity index (χ3v) is 1.95. The monoisotopic (exact) mass is 223 g/mol. The average molecular weight is 223 g/mol. The molecule has 0 fully saturated rings. The first-order valence-corrected chi connectivity index (χ1v) is 5.24. The molecule has 4 heteroatoms. The van der Waals surface area contributed by atoms with E-state index in [1.54, 1.807) is 26.0 Å². The lowest BCUT2D eigenvalue weighted by Gasteiger charge is -2.08.